The molecular formula is C36H43N7O3. The predicted molar refractivity (Wildman–Crippen MR) is 185 cm³/mol. The van der Waals surface area contributed by atoms with Crippen molar-refractivity contribution in [2.45, 2.75) is 41.2 Å². The number of carbonyl (C=O) groups excluding carboxylic acids is 2. The second-order valence-electron chi connectivity index (χ2n) is 10.5. The van der Waals surface area contributed by atoms with Gasteiger partial charge in [-0.25, -0.2) is 9.97 Å². The van der Waals surface area contributed by atoms with E-state index in [1.54, 1.807) is 55.6 Å². The fraction of sp³-hybridized carbons (Fsp3) is 0.250. The van der Waals surface area contributed by atoms with Crippen LogP contribution >= 0.6 is 0 Å². The quantitative estimate of drug-likeness (QED) is 0.0931. The summed E-state index contributed by atoms with van der Waals surface area (Å²) in [6.07, 6.45) is 1.67. The maximum Gasteiger partial charge on any atom is 0.307 e. The van der Waals surface area contributed by atoms with Crippen LogP contribution in [0.25, 0.3) is 11.0 Å². The summed E-state index contributed by atoms with van der Waals surface area (Å²) in [6, 6.07) is 26.4. The van der Waals surface area contributed by atoms with E-state index >= 15 is 0 Å². The Bertz CT molecular complexity index is 1730. The highest BCUT2D eigenvalue weighted by Gasteiger charge is 2.21. The summed E-state index contributed by atoms with van der Waals surface area (Å²) in [6.45, 7) is 6.84. The molecule has 0 unspecified atom stereocenters. The number of esters is 1. The highest BCUT2D eigenvalue weighted by atomic mass is 16.5. The van der Waals surface area contributed by atoms with E-state index < -0.39 is 0 Å². The van der Waals surface area contributed by atoms with Gasteiger partial charge in [-0.05, 0) is 75.4 Å². The number of pyridine rings is 1. The van der Waals surface area contributed by atoms with Crippen molar-refractivity contribution in [2.75, 3.05) is 23.4 Å². The minimum absolute atomic E-state index is 0. The highest BCUT2D eigenvalue weighted by Crippen LogP contribution is 2.21. The van der Waals surface area contributed by atoms with E-state index in [0.717, 1.165) is 17.0 Å². The van der Waals surface area contributed by atoms with E-state index in [1.807, 2.05) is 29.8 Å². The Morgan fingerprint density at radius 3 is 2.20 bits per heavy atom. The van der Waals surface area contributed by atoms with Crippen molar-refractivity contribution < 1.29 is 14.3 Å². The van der Waals surface area contributed by atoms with Crippen LogP contribution in [-0.2, 0) is 23.1 Å². The zero-order valence-corrected chi connectivity index (χ0v) is 26.1. The van der Waals surface area contributed by atoms with Crippen molar-refractivity contribution in [1.29, 1.82) is 5.41 Å². The summed E-state index contributed by atoms with van der Waals surface area (Å²) >= 11 is 0. The first-order valence-electron chi connectivity index (χ1n) is 14.7. The Hall–Kier alpha value is -5.51. The molecule has 0 aliphatic heterocycles. The molecule has 10 nitrogen and oxygen atoms in total. The third kappa shape index (κ3) is 9.25. The zero-order chi connectivity index (χ0) is 32.3. The van der Waals surface area contributed by atoms with Crippen LogP contribution in [0.4, 0.5) is 11.5 Å². The van der Waals surface area contributed by atoms with Gasteiger partial charge in [0.25, 0.3) is 5.91 Å². The number of hydrogen-bond acceptors (Lipinski definition) is 7. The van der Waals surface area contributed by atoms with E-state index in [9.17, 15) is 9.59 Å². The Balaban J connectivity index is 0.000000559. The number of nitrogen functional groups attached to an aromatic ring is 1. The van der Waals surface area contributed by atoms with E-state index in [2.05, 4.69) is 48.4 Å². The van der Waals surface area contributed by atoms with Crippen LogP contribution in [0.1, 0.15) is 53.6 Å². The van der Waals surface area contributed by atoms with Gasteiger partial charge < -0.3 is 20.4 Å². The van der Waals surface area contributed by atoms with Crippen molar-refractivity contribution in [3.63, 3.8) is 0 Å². The van der Waals surface area contributed by atoms with Gasteiger partial charge in [-0.15, -0.1) is 0 Å². The summed E-state index contributed by atoms with van der Waals surface area (Å²) in [7, 11) is 1.92. The molecule has 10 heteroatoms. The largest absolute Gasteiger partial charge is 0.466 e. The Morgan fingerprint density at radius 1 is 0.957 bits per heavy atom. The number of nitrogens with one attached hydrogen (secondary N) is 2. The fourth-order valence-electron chi connectivity index (χ4n) is 4.55. The number of hydrogen-bond donors (Lipinski definition) is 3. The third-order valence-corrected chi connectivity index (χ3v) is 7.10. The summed E-state index contributed by atoms with van der Waals surface area (Å²) in [5.74, 6) is 0.623. The van der Waals surface area contributed by atoms with Crippen LogP contribution < -0.4 is 16.0 Å². The summed E-state index contributed by atoms with van der Waals surface area (Å²) in [5, 5.41) is 10.8. The van der Waals surface area contributed by atoms with Gasteiger partial charge in [0, 0.05) is 36.6 Å². The number of nitrogens with zero attached hydrogens (tertiary/aromatic N) is 4. The first kappa shape index (κ1) is 35.0. The van der Waals surface area contributed by atoms with Gasteiger partial charge in [0.2, 0.25) is 0 Å². The number of rotatable bonds is 10. The number of fused-ring (bicyclic) bond motifs is 1. The number of nitrogens with two attached hydrogens (primary N) is 1. The van der Waals surface area contributed by atoms with Crippen LogP contribution in [0, 0.1) is 19.3 Å². The molecule has 1 amide bonds. The number of carbonyl (C=O) groups is 2. The molecule has 5 rings (SSSR count). The molecule has 0 radical (unpaired) electrons. The van der Waals surface area contributed by atoms with Gasteiger partial charge in [-0.3, -0.25) is 19.9 Å². The molecule has 0 aliphatic rings. The van der Waals surface area contributed by atoms with Crippen molar-refractivity contribution in [1.82, 2.24) is 14.5 Å². The monoisotopic (exact) mass is 621 g/mol. The second-order valence-corrected chi connectivity index (χ2v) is 10.5. The number of ether oxygens (including phenoxy) is 1. The van der Waals surface area contributed by atoms with Crippen molar-refractivity contribution >= 4 is 40.3 Å². The molecule has 0 fully saturated rings. The summed E-state index contributed by atoms with van der Waals surface area (Å²) in [5.41, 5.74) is 11.7. The first-order chi connectivity index (χ1) is 21.7. The molecular weight excluding hydrogens is 578 g/mol. The summed E-state index contributed by atoms with van der Waals surface area (Å²) < 4.78 is 7.00. The standard InChI is InChI=1S/C27H29N7O3.C8H10.CH4/c1-3-37-25(35)13-15-34(23-6-4-5-14-30-23)27(36)19-9-12-22-21(16-19)32-24(33(22)2)17-31-20-10-7-18(8-11-20)26(28)29;1-7-3-5-8(2)6-4-7;/h4-12,14,16,31H,3,13,15,17H2,1-2H3,(H3,28,29);3-6H,1-2H3;1H4. The topological polar surface area (TPSA) is 139 Å². The van der Waals surface area contributed by atoms with E-state index in [0.29, 0.717) is 29.0 Å². The average molecular weight is 622 g/mol. The minimum Gasteiger partial charge on any atom is -0.466 e. The van der Waals surface area contributed by atoms with E-state index in [1.165, 1.54) is 16.0 Å². The molecule has 4 N–H and O–H groups in total. The normalized spacial score (nSPS) is 10.3. The summed E-state index contributed by atoms with van der Waals surface area (Å²) in [4.78, 5) is 36.0. The van der Waals surface area contributed by atoms with Crippen LogP contribution in [0.5, 0.6) is 0 Å². The number of imidazole rings is 1. The van der Waals surface area contributed by atoms with Crippen molar-refractivity contribution in [2.24, 2.45) is 12.8 Å². The lowest BCUT2D eigenvalue weighted by Gasteiger charge is -2.21. The van der Waals surface area contributed by atoms with Crippen LogP contribution in [-0.4, -0.2) is 45.4 Å². The van der Waals surface area contributed by atoms with Gasteiger partial charge in [0.05, 0.1) is 30.6 Å². The number of aryl methyl sites for hydroxylation is 3. The third-order valence-electron chi connectivity index (χ3n) is 7.10. The van der Waals surface area contributed by atoms with Crippen molar-refractivity contribution in [3.8, 4) is 0 Å². The molecule has 0 saturated carbocycles. The van der Waals surface area contributed by atoms with E-state index in [4.69, 9.17) is 20.9 Å². The molecule has 46 heavy (non-hydrogen) atoms. The molecule has 2 heterocycles. The molecule has 0 saturated heterocycles. The van der Waals surface area contributed by atoms with Crippen molar-refractivity contribution in [3.05, 3.63) is 119 Å². The molecule has 5 aromatic rings. The van der Waals surface area contributed by atoms with Gasteiger partial charge in [0.15, 0.2) is 0 Å². The SMILES string of the molecule is C.CCOC(=O)CCN(C(=O)c1ccc2c(c1)nc(CNc1ccc(C(=N)N)cc1)n2C)c1ccccn1.Cc1ccc(C)cc1. The molecule has 2 aromatic heterocycles. The lowest BCUT2D eigenvalue weighted by molar-refractivity contribution is -0.142. The van der Waals surface area contributed by atoms with Crippen LogP contribution in [0.15, 0.2) is 91.1 Å². The molecule has 240 valence electrons. The number of benzene rings is 3. The van der Waals surface area contributed by atoms with Gasteiger partial charge in [-0.2, -0.15) is 0 Å². The lowest BCUT2D eigenvalue weighted by Crippen LogP contribution is -2.34. The number of amidine groups is 1. The lowest BCUT2D eigenvalue weighted by atomic mass is 10.1. The second kappa shape index (κ2) is 16.5. The Morgan fingerprint density at radius 2 is 1.61 bits per heavy atom. The van der Waals surface area contributed by atoms with E-state index in [-0.39, 0.29) is 44.7 Å². The number of aromatic nitrogens is 3. The molecule has 3 aromatic carbocycles. The minimum atomic E-state index is -0.371. The first-order valence-corrected chi connectivity index (χ1v) is 14.7. The maximum atomic E-state index is 13.5. The fourth-order valence-corrected chi connectivity index (χ4v) is 4.55. The average Bonchev–Trinajstić information content (AvgIpc) is 3.36. The van der Waals surface area contributed by atoms with Gasteiger partial charge >= 0.3 is 5.97 Å². The zero-order valence-electron chi connectivity index (χ0n) is 26.1. The molecule has 0 bridgehead atoms. The molecule has 0 aliphatic carbocycles. The Kier molecular flexibility index (Phi) is 12.6. The Labute approximate surface area is 270 Å². The van der Waals surface area contributed by atoms with Crippen LogP contribution in [0.2, 0.25) is 0 Å². The van der Waals surface area contributed by atoms with Crippen LogP contribution in [0.3, 0.4) is 0 Å². The maximum absolute atomic E-state index is 13.5. The number of anilines is 2. The predicted octanol–water partition coefficient (Wildman–Crippen LogP) is 6.40. The smallest absolute Gasteiger partial charge is 0.307 e. The molecule has 0 atom stereocenters. The van der Waals surface area contributed by atoms with Gasteiger partial charge in [-0.1, -0.05) is 48.9 Å². The highest BCUT2D eigenvalue weighted by molar-refractivity contribution is 6.07. The van der Waals surface area contributed by atoms with Gasteiger partial charge in [0.1, 0.15) is 17.5 Å². The molecule has 0 spiro atoms. The number of amides is 1.